The number of rotatable bonds is 6. The molecule has 0 spiro atoms. The van der Waals surface area contributed by atoms with Gasteiger partial charge in [0.05, 0.1) is 6.04 Å². The smallest absolute Gasteiger partial charge is 0.158 e. The second-order valence-corrected chi connectivity index (χ2v) is 5.60. The normalized spacial score (nSPS) is 12.4. The molecule has 0 bridgehead atoms. The van der Waals surface area contributed by atoms with E-state index < -0.39 is 0 Å². The Balaban J connectivity index is 2.10. The lowest BCUT2D eigenvalue weighted by molar-refractivity contribution is 0.128. The van der Waals surface area contributed by atoms with Gasteiger partial charge in [-0.25, -0.2) is 15.0 Å². The maximum Gasteiger partial charge on any atom is 0.158 e. The Kier molecular flexibility index (Phi) is 5.28. The molecule has 0 radical (unpaired) electrons. The van der Waals surface area contributed by atoms with Crippen LogP contribution in [0.5, 0.6) is 0 Å². The van der Waals surface area contributed by atoms with Crippen LogP contribution in [0.1, 0.15) is 36.4 Å². The molecule has 0 saturated carbocycles. The van der Waals surface area contributed by atoms with E-state index in [4.69, 9.17) is 16.3 Å². The van der Waals surface area contributed by atoms with E-state index in [-0.39, 0.29) is 6.04 Å². The van der Waals surface area contributed by atoms with E-state index in [2.05, 4.69) is 20.3 Å². The number of halogens is 1. The van der Waals surface area contributed by atoms with Crippen molar-refractivity contribution in [2.24, 2.45) is 0 Å². The predicted octanol–water partition coefficient (Wildman–Crippen LogP) is 3.60. The molecule has 2 aromatic heterocycles. The van der Waals surface area contributed by atoms with E-state index in [0.717, 1.165) is 10.7 Å². The molecule has 20 heavy (non-hydrogen) atoms. The molecule has 0 aromatic carbocycles. The van der Waals surface area contributed by atoms with Gasteiger partial charge in [0.1, 0.15) is 22.6 Å². The summed E-state index contributed by atoms with van der Waals surface area (Å²) in [5, 5.41) is 6.73. The van der Waals surface area contributed by atoms with Gasteiger partial charge < -0.3 is 10.1 Å². The van der Waals surface area contributed by atoms with Gasteiger partial charge >= 0.3 is 0 Å². The number of nitrogens with zero attached hydrogens (tertiary/aromatic N) is 3. The quantitative estimate of drug-likeness (QED) is 0.826. The summed E-state index contributed by atoms with van der Waals surface area (Å²) in [6, 6.07) is 1.77. The van der Waals surface area contributed by atoms with Gasteiger partial charge in [0.15, 0.2) is 5.82 Å². The highest BCUT2D eigenvalue weighted by molar-refractivity contribution is 7.09. The SMILES string of the molecule is CCOCc1nc(Cl)cc(NC(C)c2nc(C)cs2)n1. The molecule has 1 N–H and O–H groups in total. The zero-order valence-electron chi connectivity index (χ0n) is 11.7. The highest BCUT2D eigenvalue weighted by Gasteiger charge is 2.11. The summed E-state index contributed by atoms with van der Waals surface area (Å²) >= 11 is 7.63. The predicted molar refractivity (Wildman–Crippen MR) is 81.3 cm³/mol. The Morgan fingerprint density at radius 2 is 2.20 bits per heavy atom. The molecule has 7 heteroatoms. The van der Waals surface area contributed by atoms with Gasteiger partial charge in [-0.3, -0.25) is 0 Å². The van der Waals surface area contributed by atoms with Crippen LogP contribution in [-0.4, -0.2) is 21.6 Å². The van der Waals surface area contributed by atoms with Crippen LogP contribution in [0, 0.1) is 6.92 Å². The Labute approximate surface area is 127 Å². The Hall–Kier alpha value is -1.24. The fraction of sp³-hybridized carbons (Fsp3) is 0.462. The molecule has 0 aliphatic heterocycles. The van der Waals surface area contributed by atoms with E-state index >= 15 is 0 Å². The third-order valence-corrected chi connectivity index (χ3v) is 3.89. The first-order chi connectivity index (χ1) is 9.58. The van der Waals surface area contributed by atoms with Crippen molar-refractivity contribution < 1.29 is 4.74 Å². The van der Waals surface area contributed by atoms with Gasteiger partial charge in [-0.05, 0) is 20.8 Å². The number of hydrogen-bond donors (Lipinski definition) is 1. The first-order valence-corrected chi connectivity index (χ1v) is 7.64. The molecule has 0 aliphatic carbocycles. The highest BCUT2D eigenvalue weighted by Crippen LogP contribution is 2.22. The van der Waals surface area contributed by atoms with Crippen molar-refractivity contribution in [3.63, 3.8) is 0 Å². The van der Waals surface area contributed by atoms with Crippen LogP contribution in [0.2, 0.25) is 5.15 Å². The van der Waals surface area contributed by atoms with E-state index in [1.165, 1.54) is 0 Å². The number of nitrogens with one attached hydrogen (secondary N) is 1. The van der Waals surface area contributed by atoms with Gasteiger partial charge in [-0.2, -0.15) is 0 Å². The summed E-state index contributed by atoms with van der Waals surface area (Å²) < 4.78 is 5.30. The standard InChI is InChI=1S/C13H17ClN4OS/c1-4-19-6-12-17-10(14)5-11(18-12)16-9(3)13-15-8(2)7-20-13/h5,7,9H,4,6H2,1-3H3,(H,16,17,18). The van der Waals surface area contributed by atoms with Crippen molar-refractivity contribution in [2.75, 3.05) is 11.9 Å². The topological polar surface area (TPSA) is 59.9 Å². The largest absolute Gasteiger partial charge is 0.374 e. The summed E-state index contributed by atoms with van der Waals surface area (Å²) in [4.78, 5) is 13.0. The van der Waals surface area contributed by atoms with Gasteiger partial charge in [0.25, 0.3) is 0 Å². The number of ether oxygens (including phenoxy) is 1. The second kappa shape index (κ2) is 6.97. The van der Waals surface area contributed by atoms with E-state index in [1.807, 2.05) is 26.2 Å². The van der Waals surface area contributed by atoms with Gasteiger partial charge in [0.2, 0.25) is 0 Å². The molecule has 2 aromatic rings. The number of anilines is 1. The van der Waals surface area contributed by atoms with Gasteiger partial charge in [-0.15, -0.1) is 11.3 Å². The van der Waals surface area contributed by atoms with Crippen LogP contribution in [0.25, 0.3) is 0 Å². The fourth-order valence-electron chi connectivity index (χ4n) is 1.65. The lowest BCUT2D eigenvalue weighted by Crippen LogP contribution is -2.10. The second-order valence-electron chi connectivity index (χ2n) is 4.32. The van der Waals surface area contributed by atoms with Crippen LogP contribution in [0.4, 0.5) is 5.82 Å². The van der Waals surface area contributed by atoms with Crippen LogP contribution < -0.4 is 5.32 Å². The molecule has 108 valence electrons. The molecule has 0 saturated heterocycles. The molecule has 2 rings (SSSR count). The molecule has 1 atom stereocenters. The van der Waals surface area contributed by atoms with Crippen LogP contribution in [0.15, 0.2) is 11.4 Å². The molecule has 0 fully saturated rings. The average Bonchev–Trinajstić information content (AvgIpc) is 2.82. The van der Waals surface area contributed by atoms with Crippen molar-refractivity contribution in [1.82, 2.24) is 15.0 Å². The summed E-state index contributed by atoms with van der Waals surface area (Å²) in [7, 11) is 0. The fourth-order valence-corrected chi connectivity index (χ4v) is 2.66. The lowest BCUT2D eigenvalue weighted by Gasteiger charge is -2.13. The van der Waals surface area contributed by atoms with Gasteiger partial charge in [0, 0.05) is 23.7 Å². The van der Waals surface area contributed by atoms with Crippen molar-refractivity contribution in [2.45, 2.75) is 33.4 Å². The molecular formula is C13H17ClN4OS. The van der Waals surface area contributed by atoms with Crippen LogP contribution >= 0.6 is 22.9 Å². The molecule has 0 aliphatic rings. The maximum atomic E-state index is 6.00. The number of aryl methyl sites for hydroxylation is 1. The van der Waals surface area contributed by atoms with E-state index in [0.29, 0.717) is 30.0 Å². The maximum absolute atomic E-state index is 6.00. The Morgan fingerprint density at radius 3 is 2.85 bits per heavy atom. The average molecular weight is 313 g/mol. The van der Waals surface area contributed by atoms with Crippen LogP contribution in [-0.2, 0) is 11.3 Å². The van der Waals surface area contributed by atoms with E-state index in [9.17, 15) is 0 Å². The summed E-state index contributed by atoms with van der Waals surface area (Å²) in [5.74, 6) is 1.25. The monoisotopic (exact) mass is 312 g/mol. The third kappa shape index (κ3) is 4.13. The lowest BCUT2D eigenvalue weighted by atomic mass is 10.3. The minimum absolute atomic E-state index is 0.0691. The van der Waals surface area contributed by atoms with Crippen LogP contribution in [0.3, 0.4) is 0 Å². The summed E-state index contributed by atoms with van der Waals surface area (Å²) in [6.45, 7) is 6.92. The zero-order chi connectivity index (χ0) is 14.5. The Morgan fingerprint density at radius 1 is 1.40 bits per heavy atom. The number of thiazole rings is 1. The van der Waals surface area contributed by atoms with Crippen molar-refractivity contribution in [1.29, 1.82) is 0 Å². The third-order valence-electron chi connectivity index (χ3n) is 2.55. The first kappa shape index (κ1) is 15.2. The summed E-state index contributed by atoms with van der Waals surface area (Å²) in [5.41, 5.74) is 1.02. The highest BCUT2D eigenvalue weighted by atomic mass is 35.5. The van der Waals surface area contributed by atoms with E-state index in [1.54, 1.807) is 17.4 Å². The zero-order valence-corrected chi connectivity index (χ0v) is 13.3. The molecule has 0 amide bonds. The molecule has 5 nitrogen and oxygen atoms in total. The minimum Gasteiger partial charge on any atom is -0.374 e. The van der Waals surface area contributed by atoms with Crippen molar-refractivity contribution in [3.05, 3.63) is 33.1 Å². The molecule has 2 heterocycles. The first-order valence-electron chi connectivity index (χ1n) is 6.38. The molecular weight excluding hydrogens is 296 g/mol. The minimum atomic E-state index is 0.0691. The summed E-state index contributed by atoms with van der Waals surface area (Å²) in [6.07, 6.45) is 0. The number of aromatic nitrogens is 3. The van der Waals surface area contributed by atoms with Gasteiger partial charge in [-0.1, -0.05) is 11.6 Å². The Bertz CT molecular complexity index is 575. The van der Waals surface area contributed by atoms with Crippen molar-refractivity contribution >= 4 is 28.8 Å². The molecule has 1 unspecified atom stereocenters. The number of hydrogen-bond acceptors (Lipinski definition) is 6. The van der Waals surface area contributed by atoms with Crippen molar-refractivity contribution in [3.8, 4) is 0 Å².